The summed E-state index contributed by atoms with van der Waals surface area (Å²) in [6.45, 7) is 0.0914. The van der Waals surface area contributed by atoms with E-state index in [1.54, 1.807) is 46.9 Å². The fraction of sp³-hybridized carbons (Fsp3) is 0.130. The summed E-state index contributed by atoms with van der Waals surface area (Å²) in [4.78, 5) is 9.02. The Morgan fingerprint density at radius 1 is 1.03 bits per heavy atom. The molecule has 0 atom stereocenters. The zero-order chi connectivity index (χ0) is 23.2. The van der Waals surface area contributed by atoms with E-state index in [2.05, 4.69) is 27.5 Å². The molecule has 33 heavy (non-hydrogen) atoms. The molecule has 0 unspecified atom stereocenters. The number of benzene rings is 1. The molecule has 10 heteroatoms. The maximum absolute atomic E-state index is 9.95. The van der Waals surface area contributed by atoms with Crippen molar-refractivity contribution in [1.82, 2.24) is 9.97 Å². The molecule has 7 nitrogen and oxygen atoms in total. The largest absolute Gasteiger partial charge is 0.491 e. The van der Waals surface area contributed by atoms with E-state index < -0.39 is 0 Å². The van der Waals surface area contributed by atoms with Crippen LogP contribution in [0, 0.1) is 22.7 Å². The molecule has 0 saturated heterocycles. The molecule has 4 aromatic rings. The third-order valence-corrected chi connectivity index (χ3v) is 7.23. The molecule has 0 aliphatic rings. The highest BCUT2D eigenvalue weighted by Gasteiger charge is 2.21. The predicted octanol–water partition coefficient (Wildman–Crippen LogP) is 4.92. The molecule has 3 N–H and O–H groups in total. The number of thiophene rings is 1. The number of aliphatic hydroxyl groups is 1. The lowest BCUT2D eigenvalue weighted by molar-refractivity contribution is 0.201. The summed E-state index contributed by atoms with van der Waals surface area (Å²) in [6.07, 6.45) is 0. The molecule has 0 spiro atoms. The van der Waals surface area contributed by atoms with Crippen LogP contribution in [0.3, 0.4) is 0 Å². The Morgan fingerprint density at radius 2 is 1.82 bits per heavy atom. The number of hydrogen-bond donors (Lipinski definition) is 2. The molecule has 0 aliphatic heterocycles. The summed E-state index contributed by atoms with van der Waals surface area (Å²) in [7, 11) is 0. The Balaban J connectivity index is 1.65. The molecule has 3 aromatic heterocycles. The van der Waals surface area contributed by atoms with Crippen LogP contribution < -0.4 is 10.5 Å². The summed E-state index contributed by atoms with van der Waals surface area (Å²) >= 11 is 4.56. The lowest BCUT2D eigenvalue weighted by Crippen LogP contribution is -2.04. The minimum Gasteiger partial charge on any atom is -0.491 e. The number of nitrogen functional groups attached to an aromatic ring is 1. The van der Waals surface area contributed by atoms with Gasteiger partial charge in [0.25, 0.3) is 0 Å². The van der Waals surface area contributed by atoms with Crippen LogP contribution in [-0.2, 0) is 5.75 Å². The maximum atomic E-state index is 9.95. The van der Waals surface area contributed by atoms with Gasteiger partial charge in [0.1, 0.15) is 45.9 Å². The molecule has 1 aromatic carbocycles. The van der Waals surface area contributed by atoms with Gasteiger partial charge in [-0.1, -0.05) is 23.9 Å². The Kier molecular flexibility index (Phi) is 7.23. The van der Waals surface area contributed by atoms with Crippen LogP contribution in [0.2, 0.25) is 0 Å². The Bertz CT molecular complexity index is 1340. The van der Waals surface area contributed by atoms with E-state index in [9.17, 15) is 10.5 Å². The van der Waals surface area contributed by atoms with Crippen molar-refractivity contribution in [3.63, 3.8) is 0 Å². The van der Waals surface area contributed by atoms with Gasteiger partial charge in [0.05, 0.1) is 17.9 Å². The second-order valence-corrected chi connectivity index (χ2v) is 9.29. The van der Waals surface area contributed by atoms with Gasteiger partial charge in [-0.25, -0.2) is 9.97 Å². The summed E-state index contributed by atoms with van der Waals surface area (Å²) < 4.78 is 5.40. The number of pyridine rings is 1. The fourth-order valence-corrected chi connectivity index (χ4v) is 5.63. The standard InChI is InChI=1S/C23H17N5O2S3/c24-9-18-20(14-1-3-17(4-2-14)30-7-6-29)19(10-25)23(28-21(18)26)33-13-16-12-32-22(27-16)15-5-8-31-11-15/h1-5,8,11-12,29H,6-7,13H2,(H2,26,28). The van der Waals surface area contributed by atoms with Gasteiger partial charge in [0, 0.05) is 27.6 Å². The van der Waals surface area contributed by atoms with Crippen LogP contribution in [0.15, 0.2) is 51.5 Å². The highest BCUT2D eigenvalue weighted by Crippen LogP contribution is 2.37. The van der Waals surface area contributed by atoms with Crippen LogP contribution in [0.4, 0.5) is 5.82 Å². The van der Waals surface area contributed by atoms with E-state index in [0.717, 1.165) is 16.3 Å². The number of thiazole rings is 1. The third kappa shape index (κ3) is 5.00. The predicted molar refractivity (Wildman–Crippen MR) is 131 cm³/mol. The smallest absolute Gasteiger partial charge is 0.143 e. The van der Waals surface area contributed by atoms with Crippen molar-refractivity contribution in [2.75, 3.05) is 18.9 Å². The number of aliphatic hydroxyl groups excluding tert-OH is 1. The number of anilines is 1. The Hall–Kier alpha value is -3.41. The Labute approximate surface area is 202 Å². The van der Waals surface area contributed by atoms with Gasteiger partial charge in [-0.15, -0.1) is 11.3 Å². The highest BCUT2D eigenvalue weighted by molar-refractivity contribution is 7.98. The van der Waals surface area contributed by atoms with Crippen LogP contribution >= 0.6 is 34.4 Å². The first-order valence-corrected chi connectivity index (χ1v) is 12.5. The number of nitrogens with two attached hydrogens (primary N) is 1. The average molecular weight is 492 g/mol. The van der Waals surface area contributed by atoms with Crippen molar-refractivity contribution in [2.45, 2.75) is 10.8 Å². The maximum Gasteiger partial charge on any atom is 0.143 e. The van der Waals surface area contributed by atoms with Crippen LogP contribution in [0.1, 0.15) is 16.8 Å². The summed E-state index contributed by atoms with van der Waals surface area (Å²) in [5.41, 5.74) is 9.63. The molecule has 0 saturated carbocycles. The first-order chi connectivity index (χ1) is 16.1. The molecule has 0 aliphatic carbocycles. The molecular weight excluding hydrogens is 474 g/mol. The number of nitriles is 2. The second kappa shape index (κ2) is 10.5. The van der Waals surface area contributed by atoms with E-state index in [1.807, 2.05) is 16.8 Å². The highest BCUT2D eigenvalue weighted by atomic mass is 32.2. The van der Waals surface area contributed by atoms with Gasteiger partial charge < -0.3 is 15.6 Å². The van der Waals surface area contributed by atoms with Crippen molar-refractivity contribution < 1.29 is 9.84 Å². The second-order valence-electron chi connectivity index (χ2n) is 6.69. The van der Waals surface area contributed by atoms with E-state index in [4.69, 9.17) is 15.6 Å². The lowest BCUT2D eigenvalue weighted by atomic mass is 9.97. The zero-order valence-corrected chi connectivity index (χ0v) is 19.6. The molecule has 0 bridgehead atoms. The van der Waals surface area contributed by atoms with Crippen molar-refractivity contribution in [2.24, 2.45) is 0 Å². The van der Waals surface area contributed by atoms with Crippen LogP contribution in [-0.4, -0.2) is 28.3 Å². The van der Waals surface area contributed by atoms with Crippen LogP contribution in [0.25, 0.3) is 21.7 Å². The normalized spacial score (nSPS) is 10.5. The van der Waals surface area contributed by atoms with Crippen molar-refractivity contribution in [1.29, 1.82) is 10.5 Å². The van der Waals surface area contributed by atoms with E-state index >= 15 is 0 Å². The monoisotopic (exact) mass is 491 g/mol. The zero-order valence-electron chi connectivity index (χ0n) is 17.2. The molecular formula is C23H17N5O2S3. The number of nitrogens with zero attached hydrogens (tertiary/aromatic N) is 4. The number of aromatic nitrogens is 2. The number of thioether (sulfide) groups is 1. The molecule has 4 rings (SSSR count). The van der Waals surface area contributed by atoms with Gasteiger partial charge in [-0.3, -0.25) is 0 Å². The first-order valence-electron chi connectivity index (χ1n) is 9.72. The molecule has 0 radical (unpaired) electrons. The summed E-state index contributed by atoms with van der Waals surface area (Å²) in [6, 6.07) is 13.3. The van der Waals surface area contributed by atoms with Gasteiger partial charge in [-0.05, 0) is 29.1 Å². The van der Waals surface area contributed by atoms with E-state index in [-0.39, 0.29) is 24.6 Å². The third-order valence-electron chi connectivity index (χ3n) is 4.60. The van der Waals surface area contributed by atoms with Crippen molar-refractivity contribution >= 4 is 40.3 Å². The van der Waals surface area contributed by atoms with Gasteiger partial charge >= 0.3 is 0 Å². The average Bonchev–Trinajstić information content (AvgIpc) is 3.53. The summed E-state index contributed by atoms with van der Waals surface area (Å²) in [5.74, 6) is 1.17. The lowest BCUT2D eigenvalue weighted by Gasteiger charge is -2.13. The quantitative estimate of drug-likeness (QED) is 0.332. The fourth-order valence-electron chi connectivity index (χ4n) is 3.11. The van der Waals surface area contributed by atoms with Gasteiger partial charge in [-0.2, -0.15) is 21.9 Å². The minimum absolute atomic E-state index is 0.0758. The van der Waals surface area contributed by atoms with E-state index in [0.29, 0.717) is 33.2 Å². The number of hydrogen-bond acceptors (Lipinski definition) is 10. The molecule has 0 fully saturated rings. The first kappa shape index (κ1) is 22.8. The number of rotatable bonds is 8. The number of ether oxygens (including phenoxy) is 1. The van der Waals surface area contributed by atoms with Gasteiger partial charge in [0.15, 0.2) is 0 Å². The summed E-state index contributed by atoms with van der Waals surface area (Å²) in [5, 5.41) is 36.0. The van der Waals surface area contributed by atoms with Crippen molar-refractivity contribution in [3.05, 3.63) is 63.3 Å². The minimum atomic E-state index is -0.0892. The molecule has 3 heterocycles. The molecule has 164 valence electrons. The van der Waals surface area contributed by atoms with E-state index in [1.165, 1.54) is 11.8 Å². The van der Waals surface area contributed by atoms with Crippen molar-refractivity contribution in [3.8, 4) is 39.6 Å². The van der Waals surface area contributed by atoms with Gasteiger partial charge in [0.2, 0.25) is 0 Å². The molecule has 0 amide bonds. The Morgan fingerprint density at radius 3 is 2.48 bits per heavy atom. The topological polar surface area (TPSA) is 129 Å². The SMILES string of the molecule is N#Cc1c(N)nc(SCc2csc(-c3ccsc3)n2)c(C#N)c1-c1ccc(OCCO)cc1. The van der Waals surface area contributed by atoms with Crippen LogP contribution in [0.5, 0.6) is 5.75 Å².